The first-order valence-electron chi connectivity index (χ1n) is 3.87. The van der Waals surface area contributed by atoms with Gasteiger partial charge in [-0.1, -0.05) is 25.3 Å². The van der Waals surface area contributed by atoms with Crippen LogP contribution in [0.5, 0.6) is 0 Å². The molecule has 0 nitrogen and oxygen atoms in total. The molecule has 0 spiro atoms. The SMILES string of the molecule is c1ccc([C-]2CCC2)cc1. The second kappa shape index (κ2) is 2.37. The predicted octanol–water partition coefficient (Wildman–Crippen LogP) is 2.79. The van der Waals surface area contributed by atoms with E-state index in [1.54, 1.807) is 5.92 Å². The lowest BCUT2D eigenvalue weighted by Gasteiger charge is -2.34. The standard InChI is InChI=1S/C10H11/c1-2-5-9(6-3-1)10-7-4-8-10/h1-3,5-6H,4,7-8H2/q-1. The predicted molar refractivity (Wildman–Crippen MR) is 42.6 cm³/mol. The maximum absolute atomic E-state index is 2.20. The van der Waals surface area contributed by atoms with Gasteiger partial charge in [-0.15, -0.1) is 12.1 Å². The first kappa shape index (κ1) is 5.84. The summed E-state index contributed by atoms with van der Waals surface area (Å²) in [5.41, 5.74) is 1.45. The number of benzene rings is 1. The van der Waals surface area contributed by atoms with Gasteiger partial charge in [-0.3, -0.25) is 0 Å². The van der Waals surface area contributed by atoms with E-state index < -0.39 is 0 Å². The first-order chi connectivity index (χ1) is 4.97. The second-order valence-corrected chi connectivity index (χ2v) is 2.82. The van der Waals surface area contributed by atoms with Gasteiger partial charge < -0.3 is 0 Å². The molecule has 0 aromatic heterocycles. The fourth-order valence-corrected chi connectivity index (χ4v) is 1.32. The Morgan fingerprint density at radius 1 is 1.00 bits per heavy atom. The first-order valence-corrected chi connectivity index (χ1v) is 3.87. The Bertz CT molecular complexity index is 197. The zero-order valence-electron chi connectivity index (χ0n) is 6.01. The number of hydrogen-bond acceptors (Lipinski definition) is 0. The van der Waals surface area contributed by atoms with Crippen LogP contribution >= 0.6 is 0 Å². The van der Waals surface area contributed by atoms with Crippen molar-refractivity contribution in [2.45, 2.75) is 19.3 Å². The summed E-state index contributed by atoms with van der Waals surface area (Å²) in [6.07, 6.45) is 4.04. The van der Waals surface area contributed by atoms with Gasteiger partial charge in [0, 0.05) is 0 Å². The molecule has 10 heavy (non-hydrogen) atoms. The van der Waals surface area contributed by atoms with E-state index in [0.717, 1.165) is 0 Å². The van der Waals surface area contributed by atoms with Crippen molar-refractivity contribution in [2.75, 3.05) is 0 Å². The molecule has 1 aromatic rings. The Morgan fingerprint density at radius 3 is 2.20 bits per heavy atom. The van der Waals surface area contributed by atoms with Crippen LogP contribution in [-0.4, -0.2) is 0 Å². The van der Waals surface area contributed by atoms with Crippen molar-refractivity contribution >= 4 is 0 Å². The Hall–Kier alpha value is -0.910. The molecule has 0 saturated heterocycles. The Labute approximate surface area is 61.9 Å². The molecule has 0 heterocycles. The normalized spacial score (nSPS) is 16.6. The van der Waals surface area contributed by atoms with Crippen LogP contribution in [-0.2, 0) is 0 Å². The highest BCUT2D eigenvalue weighted by atomic mass is 14.2. The summed E-state index contributed by atoms with van der Waals surface area (Å²) in [4.78, 5) is 0. The van der Waals surface area contributed by atoms with Crippen LogP contribution in [0.2, 0.25) is 0 Å². The molecule has 1 saturated carbocycles. The van der Waals surface area contributed by atoms with Gasteiger partial charge in [-0.2, -0.15) is 23.6 Å². The van der Waals surface area contributed by atoms with Gasteiger partial charge in [0.1, 0.15) is 0 Å². The van der Waals surface area contributed by atoms with E-state index in [0.29, 0.717) is 0 Å². The molecule has 1 aliphatic carbocycles. The van der Waals surface area contributed by atoms with E-state index in [2.05, 4.69) is 30.3 Å². The van der Waals surface area contributed by atoms with Crippen LogP contribution < -0.4 is 0 Å². The maximum Gasteiger partial charge on any atom is -0.0669 e. The summed E-state index contributed by atoms with van der Waals surface area (Å²) in [6.45, 7) is 0. The van der Waals surface area contributed by atoms with E-state index >= 15 is 0 Å². The van der Waals surface area contributed by atoms with E-state index in [9.17, 15) is 0 Å². The molecular weight excluding hydrogens is 120 g/mol. The minimum Gasteiger partial charge on any atom is -0.189 e. The molecule has 0 radical (unpaired) electrons. The van der Waals surface area contributed by atoms with E-state index in [1.807, 2.05) is 0 Å². The van der Waals surface area contributed by atoms with Crippen LogP contribution in [0.15, 0.2) is 30.3 Å². The highest BCUT2D eigenvalue weighted by Crippen LogP contribution is 2.34. The molecule has 1 aliphatic rings. The van der Waals surface area contributed by atoms with Gasteiger partial charge in [-0.25, -0.2) is 0 Å². The Morgan fingerprint density at radius 2 is 1.70 bits per heavy atom. The van der Waals surface area contributed by atoms with Crippen LogP contribution in [0.25, 0.3) is 0 Å². The van der Waals surface area contributed by atoms with Crippen LogP contribution in [0.4, 0.5) is 0 Å². The van der Waals surface area contributed by atoms with Crippen molar-refractivity contribution in [1.29, 1.82) is 0 Å². The highest BCUT2D eigenvalue weighted by molar-refractivity contribution is 5.32. The van der Waals surface area contributed by atoms with Crippen molar-refractivity contribution in [3.63, 3.8) is 0 Å². The van der Waals surface area contributed by atoms with Gasteiger partial charge in [-0.05, 0) is 0 Å². The lowest BCUT2D eigenvalue weighted by atomic mass is 9.80. The quantitative estimate of drug-likeness (QED) is 0.514. The van der Waals surface area contributed by atoms with Crippen molar-refractivity contribution in [3.8, 4) is 0 Å². The van der Waals surface area contributed by atoms with Crippen LogP contribution in [0.1, 0.15) is 24.8 Å². The fourth-order valence-electron chi connectivity index (χ4n) is 1.32. The monoisotopic (exact) mass is 131 g/mol. The van der Waals surface area contributed by atoms with Crippen molar-refractivity contribution in [2.24, 2.45) is 0 Å². The van der Waals surface area contributed by atoms with Crippen LogP contribution in [0.3, 0.4) is 0 Å². The van der Waals surface area contributed by atoms with Gasteiger partial charge in [0.25, 0.3) is 0 Å². The molecule has 0 amide bonds. The van der Waals surface area contributed by atoms with Gasteiger partial charge in [0.05, 0.1) is 0 Å². The summed E-state index contributed by atoms with van der Waals surface area (Å²) >= 11 is 0. The smallest absolute Gasteiger partial charge is 0.0669 e. The lowest BCUT2D eigenvalue weighted by Crippen LogP contribution is -2.08. The summed E-state index contributed by atoms with van der Waals surface area (Å²) in [5.74, 6) is 1.64. The van der Waals surface area contributed by atoms with E-state index in [1.165, 1.54) is 24.8 Å². The van der Waals surface area contributed by atoms with E-state index in [-0.39, 0.29) is 0 Å². The molecule has 0 aliphatic heterocycles. The van der Waals surface area contributed by atoms with Crippen molar-refractivity contribution in [1.82, 2.24) is 0 Å². The number of hydrogen-bond donors (Lipinski definition) is 0. The average Bonchev–Trinajstić information content (AvgIpc) is 1.86. The maximum atomic E-state index is 2.20. The third-order valence-electron chi connectivity index (χ3n) is 2.14. The van der Waals surface area contributed by atoms with Gasteiger partial charge in [0.15, 0.2) is 0 Å². The molecule has 0 N–H and O–H groups in total. The molecule has 1 aromatic carbocycles. The van der Waals surface area contributed by atoms with Crippen LogP contribution in [0, 0.1) is 5.92 Å². The second-order valence-electron chi connectivity index (χ2n) is 2.82. The Kier molecular flexibility index (Phi) is 1.39. The molecule has 0 unspecified atom stereocenters. The topological polar surface area (TPSA) is 0 Å². The van der Waals surface area contributed by atoms with Gasteiger partial charge in [0.2, 0.25) is 0 Å². The Balaban J connectivity index is 2.18. The average molecular weight is 131 g/mol. The highest BCUT2D eigenvalue weighted by Gasteiger charge is 2.09. The molecule has 1 fully saturated rings. The van der Waals surface area contributed by atoms with Crippen molar-refractivity contribution < 1.29 is 0 Å². The molecule has 0 bridgehead atoms. The minimum absolute atomic E-state index is 1.32. The summed E-state index contributed by atoms with van der Waals surface area (Å²) in [6, 6.07) is 10.7. The molecule has 0 atom stereocenters. The minimum atomic E-state index is 1.32. The lowest BCUT2D eigenvalue weighted by molar-refractivity contribution is 0.577. The number of rotatable bonds is 1. The van der Waals surface area contributed by atoms with E-state index in [4.69, 9.17) is 0 Å². The summed E-state index contributed by atoms with van der Waals surface area (Å²) < 4.78 is 0. The molecular formula is C10H11-. The third kappa shape index (κ3) is 0.900. The summed E-state index contributed by atoms with van der Waals surface area (Å²) in [5, 5.41) is 0. The largest absolute Gasteiger partial charge is 0.189 e. The molecule has 0 heteroatoms. The molecule has 2 rings (SSSR count). The third-order valence-corrected chi connectivity index (χ3v) is 2.14. The molecule has 52 valence electrons. The van der Waals surface area contributed by atoms with Gasteiger partial charge >= 0.3 is 0 Å². The zero-order valence-corrected chi connectivity index (χ0v) is 6.01. The van der Waals surface area contributed by atoms with Crippen molar-refractivity contribution in [3.05, 3.63) is 41.8 Å². The zero-order chi connectivity index (χ0) is 6.81. The fraction of sp³-hybridized carbons (Fsp3) is 0.300. The summed E-state index contributed by atoms with van der Waals surface area (Å²) in [7, 11) is 0.